The number of likely N-dealkylation sites (N-methyl/N-ethyl adjacent to an activating group) is 1. The van der Waals surface area contributed by atoms with E-state index in [-0.39, 0.29) is 36.1 Å². The number of ketones is 2. The van der Waals surface area contributed by atoms with E-state index in [1.54, 1.807) is 46.1 Å². The van der Waals surface area contributed by atoms with E-state index in [4.69, 9.17) is 5.73 Å². The molecule has 4 rings (SSSR count). The average molecular weight is 529 g/mol. The van der Waals surface area contributed by atoms with Crippen LogP contribution in [0, 0.1) is 11.8 Å². The normalized spacial score (nSPS) is 26.7. The molecule has 0 fully saturated rings. The molecule has 0 radical (unpaired) electrons. The molecule has 204 valence electrons. The van der Waals surface area contributed by atoms with Gasteiger partial charge in [0.1, 0.15) is 17.1 Å². The molecular formula is C26H32N4O8. The van der Waals surface area contributed by atoms with Crippen LogP contribution in [-0.2, 0) is 20.8 Å². The number of carbonyl (C=O) groups excluding carboxylic acids is 4. The van der Waals surface area contributed by atoms with Crippen LogP contribution in [0.25, 0.3) is 0 Å². The number of rotatable bonds is 5. The highest BCUT2D eigenvalue weighted by atomic mass is 16.3. The molecule has 12 heteroatoms. The molecule has 0 saturated heterocycles. The average Bonchev–Trinajstić information content (AvgIpc) is 2.82. The number of amides is 2. The Labute approximate surface area is 219 Å². The minimum Gasteiger partial charge on any atom is -0.510 e. The van der Waals surface area contributed by atoms with E-state index >= 15 is 0 Å². The summed E-state index contributed by atoms with van der Waals surface area (Å²) in [5.74, 6) is -7.63. The number of phenols is 1. The number of hydrogen-bond donors (Lipinski definition) is 6. The van der Waals surface area contributed by atoms with Gasteiger partial charge in [-0.3, -0.25) is 24.1 Å². The van der Waals surface area contributed by atoms with Crippen molar-refractivity contribution in [3.63, 3.8) is 0 Å². The van der Waals surface area contributed by atoms with Crippen molar-refractivity contribution in [3.8, 4) is 5.75 Å². The van der Waals surface area contributed by atoms with Crippen molar-refractivity contribution in [2.45, 2.75) is 37.8 Å². The number of hydrogen-bond acceptors (Lipinski definition) is 10. The first-order valence-electron chi connectivity index (χ1n) is 12.2. The molecule has 0 heterocycles. The summed E-state index contributed by atoms with van der Waals surface area (Å²) in [7, 11) is 6.62. The lowest BCUT2D eigenvalue weighted by molar-refractivity contribution is -0.148. The smallest absolute Gasteiger partial charge is 0.255 e. The number of phenolic OH excluding ortho intramolecular Hbond substituents is 1. The predicted octanol–water partition coefficient (Wildman–Crippen LogP) is 0.535. The molecule has 0 saturated carbocycles. The lowest BCUT2D eigenvalue weighted by Gasteiger charge is -2.50. The third-order valence-corrected chi connectivity index (χ3v) is 7.78. The highest BCUT2D eigenvalue weighted by Gasteiger charge is 2.63. The Hall–Kier alpha value is -3.90. The zero-order valence-electron chi connectivity index (χ0n) is 21.8. The highest BCUT2D eigenvalue weighted by molar-refractivity contribution is 6.25. The summed E-state index contributed by atoms with van der Waals surface area (Å²) in [5, 5.41) is 47.5. The Morgan fingerprint density at radius 3 is 2.32 bits per heavy atom. The molecule has 0 bridgehead atoms. The molecule has 3 aliphatic carbocycles. The van der Waals surface area contributed by atoms with Gasteiger partial charge in [-0.15, -0.1) is 0 Å². The van der Waals surface area contributed by atoms with Gasteiger partial charge in [0.2, 0.25) is 11.7 Å². The standard InChI is InChI=1S/C26H32N4O8/c1-6-15(31)28-13-9-14(29(2)3)11-7-10-8-12-19(30(4)5)22(34)18(25(27)37)24(36)26(12,38)23(35)16(10)21(33)17(11)20(13)32/h9-10,12,19,32,34-35,38H,6-8H2,1-5H3,(H2,27,37)(H,28,31)/t10-,12-,19-,26-/m0/s1. The van der Waals surface area contributed by atoms with Gasteiger partial charge < -0.3 is 36.4 Å². The van der Waals surface area contributed by atoms with Crippen LogP contribution < -0.4 is 16.0 Å². The van der Waals surface area contributed by atoms with E-state index in [0.717, 1.165) is 0 Å². The van der Waals surface area contributed by atoms with E-state index in [1.165, 1.54) is 4.90 Å². The number of aliphatic hydroxyl groups excluding tert-OH is 2. The van der Waals surface area contributed by atoms with Crippen LogP contribution in [0.5, 0.6) is 5.75 Å². The van der Waals surface area contributed by atoms with Gasteiger partial charge in [0.25, 0.3) is 5.91 Å². The number of nitrogens with one attached hydrogen (secondary N) is 1. The molecule has 2 amide bonds. The zero-order chi connectivity index (χ0) is 28.4. The maximum atomic E-state index is 13.9. The number of carbonyl (C=O) groups is 4. The van der Waals surface area contributed by atoms with Crippen molar-refractivity contribution < 1.29 is 39.6 Å². The Bertz CT molecular complexity index is 1340. The van der Waals surface area contributed by atoms with Crippen LogP contribution in [0.1, 0.15) is 35.7 Å². The van der Waals surface area contributed by atoms with Crippen molar-refractivity contribution in [2.75, 3.05) is 38.4 Å². The van der Waals surface area contributed by atoms with Crippen molar-refractivity contribution in [3.05, 3.63) is 39.9 Å². The van der Waals surface area contributed by atoms with Crippen molar-refractivity contribution in [2.24, 2.45) is 17.6 Å². The minimum atomic E-state index is -2.71. The Kier molecular flexibility index (Phi) is 6.53. The number of nitrogens with two attached hydrogens (primary N) is 1. The predicted molar refractivity (Wildman–Crippen MR) is 137 cm³/mol. The molecule has 7 N–H and O–H groups in total. The third-order valence-electron chi connectivity index (χ3n) is 7.78. The van der Waals surface area contributed by atoms with Gasteiger partial charge in [0.05, 0.1) is 17.3 Å². The maximum Gasteiger partial charge on any atom is 0.255 e. The number of primary amides is 1. The zero-order valence-corrected chi connectivity index (χ0v) is 21.8. The Balaban J connectivity index is 1.97. The van der Waals surface area contributed by atoms with E-state index in [2.05, 4.69) is 5.32 Å². The SMILES string of the molecule is CCC(=O)Nc1cc(N(C)C)c2c(c1O)C(=O)C1=C(O)[C@]3(O)C(=O)C(C(N)=O)=C(O)[C@@H](N(C)C)[C@@H]3C[C@@H]1C2. The molecule has 38 heavy (non-hydrogen) atoms. The lowest BCUT2D eigenvalue weighted by Crippen LogP contribution is -2.63. The molecule has 1 aromatic rings. The second-order valence-corrected chi connectivity index (χ2v) is 10.4. The molecule has 0 spiro atoms. The van der Waals surface area contributed by atoms with Gasteiger partial charge >= 0.3 is 0 Å². The van der Waals surface area contributed by atoms with E-state index in [1.807, 2.05) is 0 Å². The topological polar surface area (TPSA) is 194 Å². The van der Waals surface area contributed by atoms with Gasteiger partial charge in [-0.2, -0.15) is 0 Å². The summed E-state index contributed by atoms with van der Waals surface area (Å²) in [6.45, 7) is 1.63. The van der Waals surface area contributed by atoms with Crippen LogP contribution in [0.2, 0.25) is 0 Å². The summed E-state index contributed by atoms with van der Waals surface area (Å²) in [6, 6.07) is 0.497. The molecule has 1 aromatic carbocycles. The number of nitrogens with zero attached hydrogens (tertiary/aromatic N) is 2. The summed E-state index contributed by atoms with van der Waals surface area (Å²) >= 11 is 0. The number of allylic oxidation sites excluding steroid dienone is 1. The van der Waals surface area contributed by atoms with Crippen molar-refractivity contribution in [1.29, 1.82) is 0 Å². The van der Waals surface area contributed by atoms with E-state index in [9.17, 15) is 39.6 Å². The molecule has 3 aliphatic rings. The first-order chi connectivity index (χ1) is 17.7. The molecule has 4 atom stereocenters. The Morgan fingerprint density at radius 1 is 1.16 bits per heavy atom. The minimum absolute atomic E-state index is 0.00359. The number of fused-ring (bicyclic) bond motifs is 3. The van der Waals surface area contributed by atoms with E-state index < -0.39 is 69.7 Å². The fourth-order valence-corrected chi connectivity index (χ4v) is 6.03. The van der Waals surface area contributed by atoms with Crippen LogP contribution in [-0.4, -0.2) is 88.5 Å². The van der Waals surface area contributed by atoms with Crippen LogP contribution in [0.4, 0.5) is 11.4 Å². The molecular weight excluding hydrogens is 496 g/mol. The van der Waals surface area contributed by atoms with Crippen LogP contribution in [0.15, 0.2) is 28.7 Å². The number of aromatic hydroxyl groups is 1. The second kappa shape index (κ2) is 9.14. The van der Waals surface area contributed by atoms with Gasteiger partial charge in [0, 0.05) is 37.7 Å². The second-order valence-electron chi connectivity index (χ2n) is 10.4. The fourth-order valence-electron chi connectivity index (χ4n) is 6.03. The van der Waals surface area contributed by atoms with Crippen LogP contribution in [0.3, 0.4) is 0 Å². The van der Waals surface area contributed by atoms with Gasteiger partial charge in [-0.1, -0.05) is 6.92 Å². The number of benzene rings is 1. The quantitative estimate of drug-likeness (QED) is 0.232. The third kappa shape index (κ3) is 3.66. The molecule has 0 unspecified atom stereocenters. The largest absolute Gasteiger partial charge is 0.510 e. The molecule has 0 aliphatic heterocycles. The van der Waals surface area contributed by atoms with Crippen molar-refractivity contribution >= 4 is 34.8 Å². The van der Waals surface area contributed by atoms with E-state index in [0.29, 0.717) is 11.3 Å². The summed E-state index contributed by atoms with van der Waals surface area (Å²) in [6.07, 6.45) is 0.271. The van der Waals surface area contributed by atoms with Gasteiger partial charge in [0.15, 0.2) is 17.1 Å². The first-order valence-corrected chi connectivity index (χ1v) is 12.2. The first kappa shape index (κ1) is 27.1. The van der Waals surface area contributed by atoms with Crippen LogP contribution >= 0.6 is 0 Å². The highest BCUT2D eigenvalue weighted by Crippen LogP contribution is 2.53. The van der Waals surface area contributed by atoms with Crippen molar-refractivity contribution in [1.82, 2.24) is 4.90 Å². The van der Waals surface area contributed by atoms with Gasteiger partial charge in [-0.25, -0.2) is 0 Å². The Morgan fingerprint density at radius 2 is 1.79 bits per heavy atom. The summed E-state index contributed by atoms with van der Waals surface area (Å²) in [4.78, 5) is 54.6. The number of Topliss-reactive ketones (excluding diaryl/α,β-unsaturated/α-hetero) is 2. The molecule has 0 aromatic heterocycles. The monoisotopic (exact) mass is 528 g/mol. The summed E-state index contributed by atoms with van der Waals surface area (Å²) < 4.78 is 0. The fraction of sp³-hybridized carbons (Fsp3) is 0.462. The van der Waals surface area contributed by atoms with Gasteiger partial charge in [-0.05, 0) is 44.5 Å². The molecule has 12 nitrogen and oxygen atoms in total. The number of aliphatic hydroxyl groups is 3. The number of anilines is 2. The maximum absolute atomic E-state index is 13.9. The summed E-state index contributed by atoms with van der Waals surface area (Å²) in [5.41, 5.74) is 2.39. The lowest BCUT2D eigenvalue weighted by atomic mass is 9.58.